The van der Waals surface area contributed by atoms with E-state index >= 15 is 0 Å². The molecular weight excluding hydrogens is 251 g/mol. The normalized spacial score (nSPS) is 11.0. The van der Waals surface area contributed by atoms with E-state index in [0.29, 0.717) is 22.0 Å². The maximum atomic E-state index is 13.9. The number of aromatic amines is 1. The molecule has 0 aliphatic heterocycles. The SMILES string of the molecule is Nc1[nH]c2ccc(Cl)cc2c1-c1ccccc1F. The summed E-state index contributed by atoms with van der Waals surface area (Å²) in [6.45, 7) is 0. The van der Waals surface area contributed by atoms with Crippen molar-refractivity contribution < 1.29 is 4.39 Å². The van der Waals surface area contributed by atoms with Crippen molar-refractivity contribution in [1.82, 2.24) is 4.98 Å². The molecule has 3 N–H and O–H groups in total. The summed E-state index contributed by atoms with van der Waals surface area (Å²) in [5.41, 5.74) is 7.92. The van der Waals surface area contributed by atoms with Gasteiger partial charge in [0.05, 0.1) is 0 Å². The van der Waals surface area contributed by atoms with Gasteiger partial charge in [0.25, 0.3) is 0 Å². The standard InChI is InChI=1S/C14H10ClFN2/c15-8-5-6-12-10(7-8)13(14(17)18-12)9-3-1-2-4-11(9)16/h1-7,18H,17H2. The second kappa shape index (κ2) is 4.03. The first-order chi connectivity index (χ1) is 8.66. The molecule has 90 valence electrons. The Balaban J connectivity index is 2.38. The Hall–Kier alpha value is -2.00. The molecule has 0 radical (unpaired) electrons. The molecule has 4 heteroatoms. The molecule has 2 aromatic carbocycles. The van der Waals surface area contributed by atoms with Crippen LogP contribution in [0.3, 0.4) is 0 Å². The van der Waals surface area contributed by atoms with Crippen LogP contribution >= 0.6 is 11.6 Å². The first-order valence-electron chi connectivity index (χ1n) is 5.48. The lowest BCUT2D eigenvalue weighted by Crippen LogP contribution is -1.89. The highest BCUT2D eigenvalue weighted by Crippen LogP contribution is 2.36. The molecular formula is C14H10ClFN2. The van der Waals surface area contributed by atoms with E-state index in [1.165, 1.54) is 6.07 Å². The van der Waals surface area contributed by atoms with Crippen LogP contribution in [0.15, 0.2) is 42.5 Å². The number of benzene rings is 2. The number of nitrogens with one attached hydrogen (secondary N) is 1. The summed E-state index contributed by atoms with van der Waals surface area (Å²) in [5, 5.41) is 1.42. The van der Waals surface area contributed by atoms with Gasteiger partial charge in [-0.25, -0.2) is 4.39 Å². The fraction of sp³-hybridized carbons (Fsp3) is 0. The molecule has 0 aliphatic carbocycles. The molecule has 0 unspecified atom stereocenters. The van der Waals surface area contributed by atoms with Crippen molar-refractivity contribution in [1.29, 1.82) is 0 Å². The Morgan fingerprint density at radius 1 is 1.11 bits per heavy atom. The summed E-state index contributed by atoms with van der Waals surface area (Å²) in [4.78, 5) is 3.03. The molecule has 0 saturated carbocycles. The van der Waals surface area contributed by atoms with Crippen LogP contribution in [0, 0.1) is 5.82 Å². The summed E-state index contributed by atoms with van der Waals surface area (Å²) in [6.07, 6.45) is 0. The Morgan fingerprint density at radius 2 is 1.89 bits per heavy atom. The van der Waals surface area contributed by atoms with Crippen LogP contribution in [0.1, 0.15) is 0 Å². The van der Waals surface area contributed by atoms with Crippen molar-refractivity contribution in [3.05, 3.63) is 53.3 Å². The number of nitrogens with two attached hydrogens (primary N) is 1. The molecule has 0 spiro atoms. The van der Waals surface area contributed by atoms with Gasteiger partial charge in [0.1, 0.15) is 11.6 Å². The smallest absolute Gasteiger partial charge is 0.131 e. The monoisotopic (exact) mass is 260 g/mol. The zero-order valence-corrected chi connectivity index (χ0v) is 10.1. The van der Waals surface area contributed by atoms with Crippen molar-refractivity contribution in [2.24, 2.45) is 0 Å². The van der Waals surface area contributed by atoms with Crippen LogP contribution in [0.4, 0.5) is 10.2 Å². The predicted molar refractivity (Wildman–Crippen MR) is 73.1 cm³/mol. The Morgan fingerprint density at radius 3 is 2.67 bits per heavy atom. The van der Waals surface area contributed by atoms with Gasteiger partial charge >= 0.3 is 0 Å². The lowest BCUT2D eigenvalue weighted by Gasteiger charge is -2.03. The van der Waals surface area contributed by atoms with Gasteiger partial charge in [0.15, 0.2) is 0 Å². The van der Waals surface area contributed by atoms with Gasteiger partial charge in [0.2, 0.25) is 0 Å². The maximum absolute atomic E-state index is 13.9. The fourth-order valence-electron chi connectivity index (χ4n) is 2.14. The molecule has 1 heterocycles. The topological polar surface area (TPSA) is 41.8 Å². The molecule has 3 rings (SSSR count). The number of rotatable bonds is 1. The van der Waals surface area contributed by atoms with E-state index < -0.39 is 0 Å². The second-order valence-corrected chi connectivity index (χ2v) is 4.52. The highest BCUT2D eigenvalue weighted by atomic mass is 35.5. The Kier molecular flexibility index (Phi) is 2.49. The Bertz CT molecular complexity index is 734. The molecule has 0 atom stereocenters. The summed E-state index contributed by atoms with van der Waals surface area (Å²) < 4.78 is 13.9. The highest BCUT2D eigenvalue weighted by molar-refractivity contribution is 6.31. The van der Waals surface area contributed by atoms with E-state index in [0.717, 1.165) is 10.9 Å². The molecule has 0 fully saturated rings. The van der Waals surface area contributed by atoms with Crippen LogP contribution in [-0.2, 0) is 0 Å². The van der Waals surface area contributed by atoms with Crippen molar-refractivity contribution >= 4 is 28.3 Å². The number of aromatic nitrogens is 1. The number of hydrogen-bond acceptors (Lipinski definition) is 1. The third kappa shape index (κ3) is 1.64. The quantitative estimate of drug-likeness (QED) is 0.676. The largest absolute Gasteiger partial charge is 0.385 e. The van der Waals surface area contributed by atoms with Crippen molar-refractivity contribution in [3.63, 3.8) is 0 Å². The van der Waals surface area contributed by atoms with E-state index in [4.69, 9.17) is 17.3 Å². The molecule has 2 nitrogen and oxygen atoms in total. The summed E-state index contributed by atoms with van der Waals surface area (Å²) in [6, 6.07) is 11.9. The summed E-state index contributed by atoms with van der Waals surface area (Å²) in [7, 11) is 0. The fourth-order valence-corrected chi connectivity index (χ4v) is 2.31. The number of H-pyrrole nitrogens is 1. The third-order valence-corrected chi connectivity index (χ3v) is 3.17. The van der Waals surface area contributed by atoms with Gasteiger partial charge < -0.3 is 10.7 Å². The predicted octanol–water partition coefficient (Wildman–Crippen LogP) is 4.21. The number of hydrogen-bond donors (Lipinski definition) is 2. The number of halogens is 2. The molecule has 0 saturated heterocycles. The molecule has 3 aromatic rings. The highest BCUT2D eigenvalue weighted by Gasteiger charge is 2.14. The second-order valence-electron chi connectivity index (χ2n) is 4.08. The van der Waals surface area contributed by atoms with Crippen molar-refractivity contribution in [3.8, 4) is 11.1 Å². The maximum Gasteiger partial charge on any atom is 0.131 e. The molecule has 0 amide bonds. The van der Waals surface area contributed by atoms with Gasteiger partial charge in [0, 0.05) is 27.1 Å². The summed E-state index contributed by atoms with van der Waals surface area (Å²) in [5.74, 6) is 0.141. The zero-order valence-electron chi connectivity index (χ0n) is 9.37. The molecule has 0 aliphatic rings. The average molecular weight is 261 g/mol. The van der Waals surface area contributed by atoms with E-state index in [-0.39, 0.29) is 5.82 Å². The average Bonchev–Trinajstić information content (AvgIpc) is 2.66. The molecule has 18 heavy (non-hydrogen) atoms. The molecule has 0 bridgehead atoms. The first-order valence-corrected chi connectivity index (χ1v) is 5.86. The van der Waals surface area contributed by atoms with E-state index in [1.807, 2.05) is 6.07 Å². The van der Waals surface area contributed by atoms with Crippen molar-refractivity contribution in [2.45, 2.75) is 0 Å². The van der Waals surface area contributed by atoms with Gasteiger partial charge in [-0.1, -0.05) is 29.8 Å². The number of anilines is 1. The molecule has 1 aromatic heterocycles. The van der Waals surface area contributed by atoms with Gasteiger partial charge in [-0.3, -0.25) is 0 Å². The lowest BCUT2D eigenvalue weighted by atomic mass is 10.0. The van der Waals surface area contributed by atoms with Crippen LogP contribution in [0.25, 0.3) is 22.0 Å². The number of fused-ring (bicyclic) bond motifs is 1. The van der Waals surface area contributed by atoms with E-state index in [2.05, 4.69) is 4.98 Å². The van der Waals surface area contributed by atoms with Gasteiger partial charge in [-0.2, -0.15) is 0 Å². The minimum absolute atomic E-state index is 0.301. The lowest BCUT2D eigenvalue weighted by molar-refractivity contribution is 0.631. The van der Waals surface area contributed by atoms with Crippen LogP contribution in [-0.4, -0.2) is 4.98 Å². The summed E-state index contributed by atoms with van der Waals surface area (Å²) >= 11 is 5.98. The number of nitrogen functional groups attached to an aromatic ring is 1. The minimum atomic E-state index is -0.301. The third-order valence-electron chi connectivity index (χ3n) is 2.93. The Labute approximate surface area is 108 Å². The van der Waals surface area contributed by atoms with Crippen LogP contribution < -0.4 is 5.73 Å². The van der Waals surface area contributed by atoms with Crippen LogP contribution in [0.5, 0.6) is 0 Å². The first kappa shape index (κ1) is 11.1. The zero-order chi connectivity index (χ0) is 12.7. The van der Waals surface area contributed by atoms with Gasteiger partial charge in [-0.15, -0.1) is 0 Å². The van der Waals surface area contributed by atoms with Crippen molar-refractivity contribution in [2.75, 3.05) is 5.73 Å². The van der Waals surface area contributed by atoms with E-state index in [1.54, 1.807) is 30.3 Å². The van der Waals surface area contributed by atoms with E-state index in [9.17, 15) is 4.39 Å². The van der Waals surface area contributed by atoms with Crippen LogP contribution in [0.2, 0.25) is 5.02 Å². The van der Waals surface area contributed by atoms with Gasteiger partial charge in [-0.05, 0) is 24.3 Å². The minimum Gasteiger partial charge on any atom is -0.385 e.